The minimum atomic E-state index is 0.290. The van der Waals surface area contributed by atoms with E-state index < -0.39 is 0 Å². The van der Waals surface area contributed by atoms with Gasteiger partial charge in [-0.05, 0) is 47.2 Å². The third-order valence-corrected chi connectivity index (χ3v) is 6.10. The van der Waals surface area contributed by atoms with Crippen LogP contribution in [0.1, 0.15) is 22.2 Å². The second-order valence-electron chi connectivity index (χ2n) is 5.08. The van der Waals surface area contributed by atoms with Crippen LogP contribution in [0.5, 0.6) is 0 Å². The van der Waals surface area contributed by atoms with E-state index in [9.17, 15) is 0 Å². The van der Waals surface area contributed by atoms with Crippen LogP contribution in [0.4, 0.5) is 5.69 Å². The van der Waals surface area contributed by atoms with Crippen LogP contribution >= 0.6 is 38.6 Å². The molecule has 0 N–H and O–H groups in total. The Balaban J connectivity index is 1.74. The molecule has 4 rings (SSSR count). The molecule has 1 aliphatic heterocycles. The molecule has 2 aromatic heterocycles. The van der Waals surface area contributed by atoms with Gasteiger partial charge in [0.25, 0.3) is 0 Å². The maximum Gasteiger partial charge on any atom is 0.0923 e. The molecule has 22 heavy (non-hydrogen) atoms. The molecule has 0 aliphatic carbocycles. The maximum atomic E-state index is 4.92. The van der Waals surface area contributed by atoms with Gasteiger partial charge in [0, 0.05) is 15.8 Å². The lowest BCUT2D eigenvalue weighted by atomic mass is 10.1. The number of anilines is 1. The molecule has 0 spiro atoms. The predicted molar refractivity (Wildman–Crippen MR) is 99.2 cm³/mol. The van der Waals surface area contributed by atoms with Gasteiger partial charge >= 0.3 is 0 Å². The molecule has 0 fully saturated rings. The van der Waals surface area contributed by atoms with Gasteiger partial charge < -0.3 is 0 Å². The Bertz CT molecular complexity index is 777. The SMILES string of the molecule is Brc1ccc(N2N=C(c3cccs3)CC2c2cccs2)cc1. The molecule has 0 radical (unpaired) electrons. The molecule has 1 atom stereocenters. The van der Waals surface area contributed by atoms with E-state index in [2.05, 4.69) is 80.2 Å². The number of rotatable bonds is 3. The van der Waals surface area contributed by atoms with Crippen molar-refractivity contribution >= 4 is 50.0 Å². The van der Waals surface area contributed by atoms with Gasteiger partial charge in [0.1, 0.15) is 0 Å². The van der Waals surface area contributed by atoms with Crippen molar-refractivity contribution in [2.24, 2.45) is 5.10 Å². The van der Waals surface area contributed by atoms with Crippen molar-refractivity contribution in [2.45, 2.75) is 12.5 Å². The number of hydrogen-bond donors (Lipinski definition) is 0. The second-order valence-corrected chi connectivity index (χ2v) is 7.92. The minimum Gasteiger partial charge on any atom is -0.257 e. The average molecular weight is 389 g/mol. The largest absolute Gasteiger partial charge is 0.257 e. The molecule has 1 aliphatic rings. The first-order valence-corrected chi connectivity index (χ1v) is 9.56. The number of hydrazone groups is 1. The summed E-state index contributed by atoms with van der Waals surface area (Å²) in [5.41, 5.74) is 2.31. The van der Waals surface area contributed by atoms with Gasteiger partial charge in [-0.2, -0.15) is 5.10 Å². The zero-order chi connectivity index (χ0) is 14.9. The Morgan fingerprint density at radius 2 is 1.77 bits per heavy atom. The molecule has 1 unspecified atom stereocenters. The van der Waals surface area contributed by atoms with E-state index in [1.54, 1.807) is 22.7 Å². The molecular formula is C17H13BrN2S2. The zero-order valence-electron chi connectivity index (χ0n) is 11.6. The summed E-state index contributed by atoms with van der Waals surface area (Å²) in [6.07, 6.45) is 0.955. The van der Waals surface area contributed by atoms with Crippen LogP contribution in [0.3, 0.4) is 0 Å². The first-order valence-electron chi connectivity index (χ1n) is 7.01. The Morgan fingerprint density at radius 3 is 2.45 bits per heavy atom. The minimum absolute atomic E-state index is 0.290. The van der Waals surface area contributed by atoms with E-state index in [0.717, 1.165) is 16.6 Å². The third kappa shape index (κ3) is 2.64. The molecule has 0 amide bonds. The summed E-state index contributed by atoms with van der Waals surface area (Å²) < 4.78 is 1.09. The normalized spacial score (nSPS) is 17.8. The van der Waals surface area contributed by atoms with E-state index in [1.807, 2.05) is 0 Å². The molecule has 5 heteroatoms. The van der Waals surface area contributed by atoms with Gasteiger partial charge in [0.2, 0.25) is 0 Å². The van der Waals surface area contributed by atoms with Crippen molar-refractivity contribution in [3.63, 3.8) is 0 Å². The van der Waals surface area contributed by atoms with Crippen LogP contribution in [-0.4, -0.2) is 5.71 Å². The van der Waals surface area contributed by atoms with Gasteiger partial charge in [0.15, 0.2) is 0 Å². The highest BCUT2D eigenvalue weighted by Gasteiger charge is 2.30. The molecule has 3 aromatic rings. The monoisotopic (exact) mass is 388 g/mol. The van der Waals surface area contributed by atoms with E-state index in [4.69, 9.17) is 5.10 Å². The average Bonchev–Trinajstić information content (AvgIpc) is 3.27. The van der Waals surface area contributed by atoms with Gasteiger partial charge in [-0.25, -0.2) is 0 Å². The third-order valence-electron chi connectivity index (χ3n) is 3.68. The molecule has 3 heterocycles. The Hall–Kier alpha value is -1.43. The summed E-state index contributed by atoms with van der Waals surface area (Å²) in [5, 5.41) is 11.3. The predicted octanol–water partition coefficient (Wildman–Crippen LogP) is 5.93. The number of hydrogen-bond acceptors (Lipinski definition) is 4. The van der Waals surface area contributed by atoms with E-state index in [1.165, 1.54) is 15.5 Å². The standard InChI is InChI=1S/C17H13BrN2S2/c18-12-5-7-13(8-6-12)20-15(17-4-2-10-22-17)11-14(19-20)16-3-1-9-21-16/h1-10,15H,11H2. The van der Waals surface area contributed by atoms with Crippen LogP contribution in [0, 0.1) is 0 Å². The van der Waals surface area contributed by atoms with Crippen LogP contribution in [0.25, 0.3) is 0 Å². The fourth-order valence-electron chi connectivity index (χ4n) is 2.64. The molecule has 2 nitrogen and oxygen atoms in total. The lowest BCUT2D eigenvalue weighted by Gasteiger charge is -2.22. The highest BCUT2D eigenvalue weighted by atomic mass is 79.9. The van der Waals surface area contributed by atoms with Crippen LogP contribution in [0.15, 0.2) is 68.9 Å². The van der Waals surface area contributed by atoms with Gasteiger partial charge in [-0.15, -0.1) is 22.7 Å². The molecule has 0 saturated carbocycles. The Labute approximate surface area is 145 Å². The number of halogens is 1. The van der Waals surface area contributed by atoms with Crippen molar-refractivity contribution in [3.05, 3.63) is 73.5 Å². The van der Waals surface area contributed by atoms with E-state index in [0.29, 0.717) is 6.04 Å². The summed E-state index contributed by atoms with van der Waals surface area (Å²) in [7, 11) is 0. The van der Waals surface area contributed by atoms with Crippen molar-refractivity contribution in [2.75, 3.05) is 5.01 Å². The summed E-state index contributed by atoms with van der Waals surface area (Å²) in [5.74, 6) is 0. The topological polar surface area (TPSA) is 15.6 Å². The summed E-state index contributed by atoms with van der Waals surface area (Å²) in [4.78, 5) is 2.62. The quantitative estimate of drug-likeness (QED) is 0.542. The summed E-state index contributed by atoms with van der Waals surface area (Å²) in [6.45, 7) is 0. The van der Waals surface area contributed by atoms with Crippen molar-refractivity contribution in [1.29, 1.82) is 0 Å². The smallest absolute Gasteiger partial charge is 0.0923 e. The lowest BCUT2D eigenvalue weighted by molar-refractivity contribution is 0.722. The number of thiophene rings is 2. The molecule has 0 saturated heterocycles. The van der Waals surface area contributed by atoms with Crippen molar-refractivity contribution in [3.8, 4) is 0 Å². The Morgan fingerprint density at radius 1 is 1.00 bits per heavy atom. The molecular weight excluding hydrogens is 376 g/mol. The number of benzene rings is 1. The lowest BCUT2D eigenvalue weighted by Crippen LogP contribution is -2.17. The first kappa shape index (κ1) is 14.2. The second kappa shape index (κ2) is 5.99. The van der Waals surface area contributed by atoms with Gasteiger partial charge in [-0.1, -0.05) is 28.1 Å². The zero-order valence-corrected chi connectivity index (χ0v) is 14.9. The fraction of sp³-hybridized carbons (Fsp3) is 0.118. The van der Waals surface area contributed by atoms with Crippen LogP contribution in [-0.2, 0) is 0 Å². The maximum absolute atomic E-state index is 4.92. The fourth-order valence-corrected chi connectivity index (χ4v) is 4.43. The summed E-state index contributed by atoms with van der Waals surface area (Å²) >= 11 is 7.06. The van der Waals surface area contributed by atoms with Crippen molar-refractivity contribution < 1.29 is 0 Å². The van der Waals surface area contributed by atoms with Gasteiger partial charge in [0.05, 0.1) is 22.3 Å². The van der Waals surface area contributed by atoms with Crippen molar-refractivity contribution in [1.82, 2.24) is 0 Å². The highest BCUT2D eigenvalue weighted by Crippen LogP contribution is 2.39. The Kier molecular flexibility index (Phi) is 3.86. The highest BCUT2D eigenvalue weighted by molar-refractivity contribution is 9.10. The van der Waals surface area contributed by atoms with E-state index >= 15 is 0 Å². The van der Waals surface area contributed by atoms with Crippen LogP contribution < -0.4 is 5.01 Å². The van der Waals surface area contributed by atoms with Gasteiger partial charge in [-0.3, -0.25) is 5.01 Å². The van der Waals surface area contributed by atoms with E-state index in [-0.39, 0.29) is 0 Å². The first-order chi connectivity index (χ1) is 10.8. The molecule has 1 aromatic carbocycles. The summed E-state index contributed by atoms with van der Waals surface area (Å²) in [6, 6.07) is 17.2. The molecule has 0 bridgehead atoms. The molecule has 110 valence electrons. The number of nitrogens with zero attached hydrogens (tertiary/aromatic N) is 2. The van der Waals surface area contributed by atoms with Crippen LogP contribution in [0.2, 0.25) is 0 Å².